The van der Waals surface area contributed by atoms with Gasteiger partial charge in [0.1, 0.15) is 13.2 Å². The monoisotopic (exact) mass is 891 g/mol. The standard InChI is InChI=1S/C57H110O6/c1-6-8-9-10-11-12-27-32-37-42-47-55(58)61-50-54(51-62-56(59)48-43-38-33-28-23-19-15-13-17-21-25-30-35-40-45-52(3)4)63-57(60)49-44-39-34-29-24-20-16-14-18-22-26-31-36-41-46-53(5)7-2/h52-54H,6-51H2,1-5H3/t53?,54-/m1/s1. The van der Waals surface area contributed by atoms with Gasteiger partial charge in [-0.1, -0.05) is 279 Å². The largest absolute Gasteiger partial charge is 0.462 e. The van der Waals surface area contributed by atoms with Crippen LogP contribution in [0.25, 0.3) is 0 Å². The van der Waals surface area contributed by atoms with Gasteiger partial charge in [-0.3, -0.25) is 14.4 Å². The Balaban J connectivity index is 4.25. The van der Waals surface area contributed by atoms with Gasteiger partial charge in [0.25, 0.3) is 0 Å². The van der Waals surface area contributed by atoms with Gasteiger partial charge >= 0.3 is 17.9 Å². The molecule has 0 aromatic carbocycles. The molecule has 0 amide bonds. The molecule has 0 aliphatic rings. The Morgan fingerprint density at radius 1 is 0.333 bits per heavy atom. The highest BCUT2D eigenvalue weighted by Gasteiger charge is 2.19. The van der Waals surface area contributed by atoms with Crippen molar-refractivity contribution in [2.45, 2.75) is 323 Å². The summed E-state index contributed by atoms with van der Waals surface area (Å²) < 4.78 is 16.9. The lowest BCUT2D eigenvalue weighted by Crippen LogP contribution is -2.30. The van der Waals surface area contributed by atoms with Crippen LogP contribution >= 0.6 is 0 Å². The quantitative estimate of drug-likeness (QED) is 0.0344. The highest BCUT2D eigenvalue weighted by Crippen LogP contribution is 2.18. The van der Waals surface area contributed by atoms with Gasteiger partial charge < -0.3 is 14.2 Å². The van der Waals surface area contributed by atoms with E-state index in [9.17, 15) is 14.4 Å². The smallest absolute Gasteiger partial charge is 0.306 e. The number of hydrogen-bond donors (Lipinski definition) is 0. The number of carbonyl (C=O) groups is 3. The van der Waals surface area contributed by atoms with Gasteiger partial charge in [-0.2, -0.15) is 0 Å². The SMILES string of the molecule is CCCCCCCCCCCCC(=O)OC[C@H](COC(=O)CCCCCCCCCCCCCCCCC(C)C)OC(=O)CCCCCCCCCCCCCCCCC(C)CC. The fourth-order valence-corrected chi connectivity index (χ4v) is 8.66. The molecule has 0 saturated carbocycles. The van der Waals surface area contributed by atoms with Crippen molar-refractivity contribution in [1.29, 1.82) is 0 Å². The van der Waals surface area contributed by atoms with E-state index in [-0.39, 0.29) is 31.1 Å². The lowest BCUT2D eigenvalue weighted by atomic mass is 9.99. The normalized spacial score (nSPS) is 12.5. The van der Waals surface area contributed by atoms with Crippen LogP contribution in [0.15, 0.2) is 0 Å². The van der Waals surface area contributed by atoms with Crippen LogP contribution in [-0.4, -0.2) is 37.2 Å². The zero-order chi connectivity index (χ0) is 46.1. The van der Waals surface area contributed by atoms with Crippen molar-refractivity contribution in [2.24, 2.45) is 11.8 Å². The molecule has 374 valence electrons. The Labute approximate surface area is 393 Å². The van der Waals surface area contributed by atoms with Crippen molar-refractivity contribution in [3.63, 3.8) is 0 Å². The molecule has 0 aliphatic carbocycles. The molecule has 0 fully saturated rings. The summed E-state index contributed by atoms with van der Waals surface area (Å²) in [5.41, 5.74) is 0. The van der Waals surface area contributed by atoms with Gasteiger partial charge in [0.15, 0.2) is 6.10 Å². The summed E-state index contributed by atoms with van der Waals surface area (Å²) in [4.78, 5) is 38.0. The van der Waals surface area contributed by atoms with E-state index < -0.39 is 6.10 Å². The van der Waals surface area contributed by atoms with Gasteiger partial charge in [-0.05, 0) is 31.1 Å². The lowest BCUT2D eigenvalue weighted by molar-refractivity contribution is -0.167. The number of rotatable bonds is 51. The Morgan fingerprint density at radius 2 is 0.603 bits per heavy atom. The van der Waals surface area contributed by atoms with Crippen molar-refractivity contribution < 1.29 is 28.6 Å². The molecule has 2 atom stereocenters. The second-order valence-electron chi connectivity index (χ2n) is 20.3. The van der Waals surface area contributed by atoms with Crippen molar-refractivity contribution >= 4 is 17.9 Å². The highest BCUT2D eigenvalue weighted by molar-refractivity contribution is 5.71. The van der Waals surface area contributed by atoms with Crippen molar-refractivity contribution in [1.82, 2.24) is 0 Å². The van der Waals surface area contributed by atoms with Crippen LogP contribution in [0.1, 0.15) is 317 Å². The van der Waals surface area contributed by atoms with Crippen molar-refractivity contribution in [3.8, 4) is 0 Å². The number of hydrogen-bond acceptors (Lipinski definition) is 6. The van der Waals surface area contributed by atoms with E-state index in [1.807, 2.05) is 0 Å². The maximum atomic E-state index is 12.8. The molecule has 0 aliphatic heterocycles. The molecular formula is C57H110O6. The highest BCUT2D eigenvalue weighted by atomic mass is 16.6. The number of unbranched alkanes of at least 4 members (excludes halogenated alkanes) is 35. The van der Waals surface area contributed by atoms with Crippen LogP contribution in [0.4, 0.5) is 0 Å². The average molecular weight is 892 g/mol. The number of carbonyl (C=O) groups excluding carboxylic acids is 3. The first kappa shape index (κ1) is 61.4. The minimum absolute atomic E-state index is 0.0629. The van der Waals surface area contributed by atoms with E-state index in [0.717, 1.165) is 69.6 Å². The fourth-order valence-electron chi connectivity index (χ4n) is 8.66. The lowest BCUT2D eigenvalue weighted by Gasteiger charge is -2.18. The third kappa shape index (κ3) is 49.7. The fraction of sp³-hybridized carbons (Fsp3) is 0.947. The van der Waals surface area contributed by atoms with Crippen LogP contribution in [0.2, 0.25) is 0 Å². The molecule has 6 nitrogen and oxygen atoms in total. The van der Waals surface area contributed by atoms with Crippen LogP contribution < -0.4 is 0 Å². The molecule has 0 rings (SSSR count). The Morgan fingerprint density at radius 3 is 0.905 bits per heavy atom. The van der Waals surface area contributed by atoms with Crippen molar-refractivity contribution in [3.05, 3.63) is 0 Å². The first-order valence-corrected chi connectivity index (χ1v) is 28.3. The number of esters is 3. The van der Waals surface area contributed by atoms with E-state index in [4.69, 9.17) is 14.2 Å². The van der Waals surface area contributed by atoms with E-state index in [1.165, 1.54) is 205 Å². The van der Waals surface area contributed by atoms with Crippen LogP contribution in [0.5, 0.6) is 0 Å². The third-order valence-corrected chi connectivity index (χ3v) is 13.3. The first-order valence-electron chi connectivity index (χ1n) is 28.3. The van der Waals surface area contributed by atoms with Gasteiger partial charge in [0.05, 0.1) is 0 Å². The molecule has 0 N–H and O–H groups in total. The first-order chi connectivity index (χ1) is 30.8. The van der Waals surface area contributed by atoms with Gasteiger partial charge in [-0.15, -0.1) is 0 Å². The van der Waals surface area contributed by atoms with E-state index in [1.54, 1.807) is 0 Å². The predicted molar refractivity (Wildman–Crippen MR) is 270 cm³/mol. The third-order valence-electron chi connectivity index (χ3n) is 13.3. The minimum atomic E-state index is -0.762. The summed E-state index contributed by atoms with van der Waals surface area (Å²) in [6, 6.07) is 0. The molecular weight excluding hydrogens is 781 g/mol. The molecule has 0 aromatic heterocycles. The second-order valence-corrected chi connectivity index (χ2v) is 20.3. The van der Waals surface area contributed by atoms with Gasteiger partial charge in [0.2, 0.25) is 0 Å². The van der Waals surface area contributed by atoms with Gasteiger partial charge in [-0.25, -0.2) is 0 Å². The zero-order valence-electron chi connectivity index (χ0n) is 43.2. The Hall–Kier alpha value is -1.59. The molecule has 1 unspecified atom stereocenters. The summed E-state index contributed by atoms with van der Waals surface area (Å²) in [5, 5.41) is 0. The molecule has 0 saturated heterocycles. The van der Waals surface area contributed by atoms with E-state index >= 15 is 0 Å². The zero-order valence-corrected chi connectivity index (χ0v) is 43.2. The predicted octanol–water partition coefficient (Wildman–Crippen LogP) is 18.5. The van der Waals surface area contributed by atoms with E-state index in [2.05, 4.69) is 34.6 Å². The van der Waals surface area contributed by atoms with Crippen LogP contribution in [0.3, 0.4) is 0 Å². The summed E-state index contributed by atoms with van der Waals surface area (Å²) >= 11 is 0. The second kappa shape index (κ2) is 49.8. The van der Waals surface area contributed by atoms with Gasteiger partial charge in [0, 0.05) is 19.3 Å². The molecule has 0 aromatic rings. The molecule has 0 radical (unpaired) electrons. The van der Waals surface area contributed by atoms with Crippen LogP contribution in [0, 0.1) is 11.8 Å². The summed E-state index contributed by atoms with van der Waals surface area (Å²) in [5.74, 6) is 0.897. The maximum absolute atomic E-state index is 12.8. The molecule has 0 bridgehead atoms. The molecule has 63 heavy (non-hydrogen) atoms. The van der Waals surface area contributed by atoms with Crippen LogP contribution in [-0.2, 0) is 28.6 Å². The average Bonchev–Trinajstić information content (AvgIpc) is 3.27. The molecule has 0 spiro atoms. The Kier molecular flexibility index (Phi) is 48.6. The summed E-state index contributed by atoms with van der Waals surface area (Å²) in [6.07, 6.45) is 52.3. The topological polar surface area (TPSA) is 78.9 Å². The van der Waals surface area contributed by atoms with Crippen molar-refractivity contribution in [2.75, 3.05) is 13.2 Å². The number of ether oxygens (including phenoxy) is 3. The molecule has 0 heterocycles. The summed E-state index contributed by atoms with van der Waals surface area (Å²) in [6.45, 7) is 11.4. The maximum Gasteiger partial charge on any atom is 0.306 e. The minimum Gasteiger partial charge on any atom is -0.462 e. The Bertz CT molecular complexity index is 964. The summed E-state index contributed by atoms with van der Waals surface area (Å²) in [7, 11) is 0. The molecule has 6 heteroatoms. The van der Waals surface area contributed by atoms with E-state index in [0.29, 0.717) is 19.3 Å².